The first-order valence-electron chi connectivity index (χ1n) is 10.8. The molecular formula is C24H26N2O2S. The average Bonchev–Trinajstić information content (AvgIpc) is 3.49. The summed E-state index contributed by atoms with van der Waals surface area (Å²) in [6, 6.07) is 11.3. The number of nitrogens with zero attached hydrogens (tertiary/aromatic N) is 2. The van der Waals surface area contributed by atoms with E-state index in [1.165, 1.54) is 16.7 Å². The zero-order valence-corrected chi connectivity index (χ0v) is 17.6. The summed E-state index contributed by atoms with van der Waals surface area (Å²) in [5.41, 5.74) is 3.77. The highest BCUT2D eigenvalue weighted by molar-refractivity contribution is 7.12. The Labute approximate surface area is 175 Å². The predicted octanol–water partition coefficient (Wildman–Crippen LogP) is 3.86. The average molecular weight is 407 g/mol. The highest BCUT2D eigenvalue weighted by Crippen LogP contribution is 2.57. The summed E-state index contributed by atoms with van der Waals surface area (Å²) >= 11 is 1.55. The Morgan fingerprint density at radius 2 is 1.97 bits per heavy atom. The number of hydrogen-bond donors (Lipinski definition) is 0. The molecule has 29 heavy (non-hydrogen) atoms. The van der Waals surface area contributed by atoms with Crippen LogP contribution in [0.2, 0.25) is 0 Å². The van der Waals surface area contributed by atoms with Gasteiger partial charge in [-0.15, -0.1) is 11.3 Å². The van der Waals surface area contributed by atoms with Crippen LogP contribution in [0.15, 0.2) is 35.7 Å². The van der Waals surface area contributed by atoms with Crippen LogP contribution in [0, 0.1) is 5.92 Å². The van der Waals surface area contributed by atoms with Crippen molar-refractivity contribution in [1.82, 2.24) is 9.80 Å². The van der Waals surface area contributed by atoms with Crippen molar-refractivity contribution >= 4 is 23.0 Å². The van der Waals surface area contributed by atoms with Gasteiger partial charge in [-0.2, -0.15) is 0 Å². The van der Waals surface area contributed by atoms with Crippen molar-refractivity contribution in [2.24, 2.45) is 5.92 Å². The largest absolute Gasteiger partial charge is 0.337 e. The third-order valence-electron chi connectivity index (χ3n) is 7.90. The summed E-state index contributed by atoms with van der Waals surface area (Å²) in [6.45, 7) is 3.53. The monoisotopic (exact) mass is 406 g/mol. The fraction of sp³-hybridized carbons (Fsp3) is 0.500. The van der Waals surface area contributed by atoms with Crippen LogP contribution in [0.1, 0.15) is 58.6 Å². The number of fused-ring (bicyclic) bond motifs is 1. The van der Waals surface area contributed by atoms with Crippen LogP contribution < -0.4 is 0 Å². The molecule has 0 N–H and O–H groups in total. The molecule has 1 aromatic heterocycles. The summed E-state index contributed by atoms with van der Waals surface area (Å²) in [4.78, 5) is 31.2. The number of carbonyl (C=O) groups is 2. The molecule has 1 aliphatic carbocycles. The number of hydrogen-bond acceptors (Lipinski definition) is 4. The number of thiophene rings is 1. The lowest BCUT2D eigenvalue weighted by molar-refractivity contribution is -0.138. The number of amides is 1. The van der Waals surface area contributed by atoms with Crippen molar-refractivity contribution in [3.63, 3.8) is 0 Å². The molecule has 4 nitrogen and oxygen atoms in total. The van der Waals surface area contributed by atoms with Gasteiger partial charge in [0.2, 0.25) is 5.91 Å². The second kappa shape index (κ2) is 6.26. The molecule has 3 atom stereocenters. The Balaban J connectivity index is 1.28. The predicted molar refractivity (Wildman–Crippen MR) is 113 cm³/mol. The molecule has 0 bridgehead atoms. The van der Waals surface area contributed by atoms with Crippen LogP contribution in [0.25, 0.3) is 0 Å². The normalized spacial score (nSPS) is 31.3. The number of carbonyl (C=O) groups excluding carboxylic acids is 2. The Morgan fingerprint density at radius 1 is 1.21 bits per heavy atom. The second-order valence-electron chi connectivity index (χ2n) is 9.26. The Hall–Kier alpha value is -1.98. The van der Waals surface area contributed by atoms with Crippen LogP contribution >= 0.6 is 11.3 Å². The SMILES string of the molecule is CC(=O)c1cc([C@@H]2C[C@H]3CN(C4Cc5ccccc5C4)C(=O)[C@]34CCCN24)cs1. The maximum Gasteiger partial charge on any atom is 0.243 e. The number of rotatable bonds is 3. The molecule has 1 aromatic carbocycles. The van der Waals surface area contributed by atoms with Gasteiger partial charge in [-0.25, -0.2) is 0 Å². The maximum absolute atomic E-state index is 13.9. The molecule has 4 aliphatic rings. The topological polar surface area (TPSA) is 40.6 Å². The number of Topliss-reactive ketones (excluding diaryl/α,β-unsaturated/α-hetero) is 1. The molecule has 0 radical (unpaired) electrons. The molecule has 0 unspecified atom stereocenters. The van der Waals surface area contributed by atoms with E-state index in [1.807, 2.05) is 0 Å². The van der Waals surface area contributed by atoms with Gasteiger partial charge < -0.3 is 4.90 Å². The van der Waals surface area contributed by atoms with E-state index in [1.54, 1.807) is 18.3 Å². The number of likely N-dealkylation sites (tertiary alicyclic amines) is 1. The summed E-state index contributed by atoms with van der Waals surface area (Å²) < 4.78 is 0. The van der Waals surface area contributed by atoms with E-state index in [-0.39, 0.29) is 11.3 Å². The van der Waals surface area contributed by atoms with E-state index in [0.717, 1.165) is 50.1 Å². The molecule has 1 amide bonds. The highest BCUT2D eigenvalue weighted by atomic mass is 32.1. The van der Waals surface area contributed by atoms with Gasteiger partial charge in [0.1, 0.15) is 5.54 Å². The van der Waals surface area contributed by atoms with E-state index >= 15 is 0 Å². The van der Waals surface area contributed by atoms with Gasteiger partial charge in [0.05, 0.1) is 4.88 Å². The smallest absolute Gasteiger partial charge is 0.243 e. The third kappa shape index (κ3) is 2.40. The van der Waals surface area contributed by atoms with E-state index in [0.29, 0.717) is 23.9 Å². The fourth-order valence-electron chi connectivity index (χ4n) is 6.62. The standard InChI is InChI=1S/C24H26N2O2S/c1-15(27)22-11-18(14-29-22)21-12-19-13-25(23(28)24(19)7-4-8-26(21)24)20-9-16-5-2-3-6-17(16)10-20/h2-3,5-6,11,14,19-21H,4,7-10,12-13H2,1H3/t19-,21-,24-/m0/s1. The van der Waals surface area contributed by atoms with E-state index < -0.39 is 0 Å². The summed E-state index contributed by atoms with van der Waals surface area (Å²) in [5.74, 6) is 0.924. The zero-order valence-electron chi connectivity index (χ0n) is 16.8. The van der Waals surface area contributed by atoms with Gasteiger partial charge in [0.15, 0.2) is 5.78 Å². The van der Waals surface area contributed by atoms with Crippen LogP contribution in [0.5, 0.6) is 0 Å². The second-order valence-corrected chi connectivity index (χ2v) is 10.2. The molecule has 4 heterocycles. The Bertz CT molecular complexity index is 989. The van der Waals surface area contributed by atoms with Crippen molar-refractivity contribution in [2.75, 3.05) is 13.1 Å². The van der Waals surface area contributed by atoms with Crippen LogP contribution in [0.3, 0.4) is 0 Å². The molecule has 150 valence electrons. The quantitative estimate of drug-likeness (QED) is 0.727. The molecule has 2 aromatic rings. The number of ketones is 1. The zero-order chi connectivity index (χ0) is 19.8. The molecule has 6 rings (SSSR count). The van der Waals surface area contributed by atoms with Gasteiger partial charge in [0, 0.05) is 24.5 Å². The van der Waals surface area contributed by atoms with Crippen LogP contribution in [-0.2, 0) is 17.6 Å². The summed E-state index contributed by atoms with van der Waals surface area (Å²) in [7, 11) is 0. The summed E-state index contributed by atoms with van der Waals surface area (Å²) in [5, 5.41) is 2.14. The molecular weight excluding hydrogens is 380 g/mol. The maximum atomic E-state index is 13.9. The van der Waals surface area contributed by atoms with Gasteiger partial charge in [0.25, 0.3) is 0 Å². The van der Waals surface area contributed by atoms with Crippen molar-refractivity contribution < 1.29 is 9.59 Å². The van der Waals surface area contributed by atoms with Crippen molar-refractivity contribution in [3.8, 4) is 0 Å². The lowest BCUT2D eigenvalue weighted by Gasteiger charge is -2.34. The number of benzene rings is 1. The fourth-order valence-corrected chi connectivity index (χ4v) is 7.48. The van der Waals surface area contributed by atoms with Gasteiger partial charge in [-0.1, -0.05) is 24.3 Å². The molecule has 3 fully saturated rings. The Morgan fingerprint density at radius 3 is 2.66 bits per heavy atom. The minimum atomic E-state index is -0.294. The molecule has 3 saturated heterocycles. The highest BCUT2D eigenvalue weighted by Gasteiger charge is 2.66. The van der Waals surface area contributed by atoms with Gasteiger partial charge >= 0.3 is 0 Å². The minimum Gasteiger partial charge on any atom is -0.337 e. The molecule has 0 saturated carbocycles. The van der Waals surface area contributed by atoms with Crippen molar-refractivity contribution in [2.45, 2.75) is 56.7 Å². The molecule has 5 heteroatoms. The third-order valence-corrected chi connectivity index (χ3v) is 8.95. The summed E-state index contributed by atoms with van der Waals surface area (Å²) in [6.07, 6.45) is 5.13. The first-order valence-corrected chi connectivity index (χ1v) is 11.7. The van der Waals surface area contributed by atoms with E-state index in [2.05, 4.69) is 45.5 Å². The molecule has 1 spiro atoms. The minimum absolute atomic E-state index is 0.138. The van der Waals surface area contributed by atoms with Crippen LogP contribution in [-0.4, -0.2) is 46.2 Å². The first-order chi connectivity index (χ1) is 14.1. The Kier molecular flexibility index (Phi) is 3.85. The van der Waals surface area contributed by atoms with E-state index in [9.17, 15) is 9.59 Å². The lowest BCUT2D eigenvalue weighted by atomic mass is 9.85. The van der Waals surface area contributed by atoms with Crippen molar-refractivity contribution in [1.29, 1.82) is 0 Å². The van der Waals surface area contributed by atoms with Gasteiger partial charge in [-0.05, 0) is 73.7 Å². The van der Waals surface area contributed by atoms with Gasteiger partial charge in [-0.3, -0.25) is 14.5 Å². The lowest BCUT2D eigenvalue weighted by Crippen LogP contribution is -2.51. The van der Waals surface area contributed by atoms with Crippen molar-refractivity contribution in [3.05, 3.63) is 57.3 Å². The van der Waals surface area contributed by atoms with Crippen LogP contribution in [0.4, 0.5) is 0 Å². The van der Waals surface area contributed by atoms with E-state index in [4.69, 9.17) is 0 Å². The first kappa shape index (κ1) is 17.8. The molecule has 3 aliphatic heterocycles.